The lowest BCUT2D eigenvalue weighted by Gasteiger charge is -2.32. The topological polar surface area (TPSA) is 89.5 Å². The molecule has 12 heteroatoms. The Balaban J connectivity index is 4.30. The summed E-state index contributed by atoms with van der Waals surface area (Å²) in [5, 5.41) is 0. The summed E-state index contributed by atoms with van der Waals surface area (Å²) in [6, 6.07) is 0.996. The van der Waals surface area contributed by atoms with Gasteiger partial charge in [0.15, 0.2) is 8.32 Å². The second kappa shape index (κ2) is 11.5. The van der Waals surface area contributed by atoms with Crippen molar-refractivity contribution in [2.24, 2.45) is 0 Å². The van der Waals surface area contributed by atoms with Crippen LogP contribution in [0.3, 0.4) is 0 Å². The van der Waals surface area contributed by atoms with Crippen molar-refractivity contribution in [1.82, 2.24) is 0 Å². The van der Waals surface area contributed by atoms with Crippen LogP contribution in [0.5, 0.6) is 0 Å². The first-order valence-electron chi connectivity index (χ1n) is 8.18. The Hall–Kier alpha value is -0.222. The van der Waals surface area contributed by atoms with E-state index in [9.17, 15) is 9.26 Å². The number of ether oxygens (including phenoxy) is 1. The highest BCUT2D eigenvalue weighted by molar-refractivity contribution is 6.83. The molecule has 0 saturated heterocycles. The van der Waals surface area contributed by atoms with E-state index in [2.05, 4.69) is 0 Å². The quantitative estimate of drug-likeness (QED) is 0.235. The molecule has 0 bridgehead atoms. The Morgan fingerprint density at radius 1 is 0.960 bits per heavy atom. The zero-order chi connectivity index (χ0) is 19.6. The van der Waals surface area contributed by atoms with Crippen LogP contribution in [-0.4, -0.2) is 69.2 Å². The first-order valence-corrected chi connectivity index (χ1v) is 17.0. The van der Waals surface area contributed by atoms with E-state index in [-0.39, 0.29) is 19.0 Å². The van der Waals surface area contributed by atoms with Crippen molar-refractivity contribution in [2.75, 3.05) is 27.9 Å². The van der Waals surface area contributed by atoms with Crippen LogP contribution in [-0.2, 0) is 35.5 Å². The fourth-order valence-electron chi connectivity index (χ4n) is 2.32. The highest BCUT2D eigenvalue weighted by atomic mass is 28.5. The van der Waals surface area contributed by atoms with Gasteiger partial charge in [0.1, 0.15) is 0 Å². The number of esters is 1. The number of carbonyl (C=O) groups excluding carboxylic acids is 1. The molecule has 0 fully saturated rings. The van der Waals surface area contributed by atoms with Crippen LogP contribution >= 0.6 is 0 Å². The number of hydrogen-bond donors (Lipinski definition) is 0. The summed E-state index contributed by atoms with van der Waals surface area (Å²) in [4.78, 5) is 11.9. The van der Waals surface area contributed by atoms with Gasteiger partial charge >= 0.3 is 33.0 Å². The molecule has 0 aliphatic carbocycles. The van der Waals surface area contributed by atoms with Gasteiger partial charge in [-0.2, -0.15) is 0 Å². The largest absolute Gasteiger partial charge is 0.561 e. The van der Waals surface area contributed by atoms with Crippen LogP contribution in [0, 0.1) is 0 Å². The molecule has 0 amide bonds. The van der Waals surface area contributed by atoms with E-state index >= 15 is 0 Å². The van der Waals surface area contributed by atoms with Gasteiger partial charge in [-0.1, -0.05) is 0 Å². The molecule has 148 valence electrons. The van der Waals surface area contributed by atoms with Gasteiger partial charge in [0.25, 0.3) is 0 Å². The molecule has 0 saturated carbocycles. The van der Waals surface area contributed by atoms with Crippen LogP contribution in [0.4, 0.5) is 0 Å². The molecule has 0 aliphatic heterocycles. The molecule has 25 heavy (non-hydrogen) atoms. The normalized spacial score (nSPS) is 14.7. The van der Waals surface area contributed by atoms with E-state index in [1.54, 1.807) is 21.3 Å². The predicted octanol–water partition coefficient (Wildman–Crippen LogP) is 1.82. The molecule has 0 aliphatic rings. The molecule has 0 spiro atoms. The molecule has 1 unspecified atom stereocenters. The molecule has 0 aromatic heterocycles. The summed E-state index contributed by atoms with van der Waals surface area (Å²) in [5.74, 6) is -0.318. The molecule has 0 heterocycles. The van der Waals surface area contributed by atoms with E-state index in [0.717, 1.165) is 0 Å². The lowest BCUT2D eigenvalue weighted by molar-refractivity contribution is -0.143. The molecular weight excluding hydrogens is 396 g/mol. The van der Waals surface area contributed by atoms with Gasteiger partial charge in [0, 0.05) is 39.8 Å². The first kappa shape index (κ1) is 24.8. The van der Waals surface area contributed by atoms with Crippen molar-refractivity contribution in [1.29, 1.82) is 0 Å². The van der Waals surface area contributed by atoms with E-state index < -0.39 is 35.3 Å². The monoisotopic (exact) mass is 428 g/mol. The van der Waals surface area contributed by atoms with Crippen molar-refractivity contribution in [2.45, 2.75) is 51.1 Å². The second-order valence-electron chi connectivity index (χ2n) is 6.68. The lowest BCUT2D eigenvalue weighted by Crippen LogP contribution is -2.47. The van der Waals surface area contributed by atoms with Gasteiger partial charge in [-0.25, -0.2) is 0 Å². The zero-order valence-electron chi connectivity index (χ0n) is 16.4. The summed E-state index contributed by atoms with van der Waals surface area (Å²) in [5.41, 5.74) is 0. The van der Waals surface area contributed by atoms with Crippen LogP contribution in [0.25, 0.3) is 0 Å². The van der Waals surface area contributed by atoms with Crippen LogP contribution in [0.1, 0.15) is 12.8 Å². The Kier molecular flexibility index (Phi) is 11.4. The van der Waals surface area contributed by atoms with Gasteiger partial charge in [-0.3, -0.25) is 4.79 Å². The van der Waals surface area contributed by atoms with Crippen molar-refractivity contribution in [3.05, 3.63) is 0 Å². The molecule has 0 aromatic rings. The summed E-state index contributed by atoms with van der Waals surface area (Å²) < 4.78 is 43.6. The van der Waals surface area contributed by atoms with Gasteiger partial charge in [-0.05, 0) is 32.6 Å². The Morgan fingerprint density at radius 3 is 1.96 bits per heavy atom. The van der Waals surface area contributed by atoms with Crippen molar-refractivity contribution in [3.8, 4) is 0 Å². The number of rotatable bonds is 14. The third kappa shape index (κ3) is 10.5. The van der Waals surface area contributed by atoms with Crippen LogP contribution in [0.2, 0.25) is 38.3 Å². The Morgan fingerprint density at radius 2 is 1.52 bits per heavy atom. The molecule has 0 rings (SSSR count). The third-order valence-corrected chi connectivity index (χ3v) is 14.0. The molecule has 8 nitrogen and oxygen atoms in total. The van der Waals surface area contributed by atoms with E-state index in [0.29, 0.717) is 18.5 Å². The molecular formula is C13H32O8Si4. The Bertz CT molecular complexity index is 405. The second-order valence-corrected chi connectivity index (χ2v) is 18.7. The smallest absolute Gasteiger partial charge is 0.500 e. The van der Waals surface area contributed by atoms with E-state index in [1.807, 2.05) is 26.2 Å². The molecule has 0 radical (unpaired) electrons. The summed E-state index contributed by atoms with van der Waals surface area (Å²) in [6.45, 7) is 8.23. The Labute approximate surface area is 156 Å². The minimum absolute atomic E-state index is 0.189. The standard InChI is InChI=1S/C13H32O8Si4/c1-16-25(17-2,18-3)11-8-10-19-13(14)9-12-24(7,20-22-15)21-23(4,5)6/h22H,8-12H2,1-7H3. The number of carbonyl (C=O) groups is 1. The average molecular weight is 429 g/mol. The fourth-order valence-corrected chi connectivity index (χ4v) is 12.2. The molecule has 0 N–H and O–H groups in total. The maximum absolute atomic E-state index is 11.9. The lowest BCUT2D eigenvalue weighted by atomic mass is 10.5. The van der Waals surface area contributed by atoms with Gasteiger partial charge < -0.3 is 30.7 Å². The van der Waals surface area contributed by atoms with Gasteiger partial charge in [0.05, 0.1) is 6.61 Å². The summed E-state index contributed by atoms with van der Waals surface area (Å²) >= 11 is 0. The van der Waals surface area contributed by atoms with Crippen molar-refractivity contribution >= 4 is 41.3 Å². The minimum atomic E-state index is -2.63. The van der Waals surface area contributed by atoms with Crippen molar-refractivity contribution in [3.63, 3.8) is 0 Å². The fraction of sp³-hybridized carbons (Fsp3) is 0.923. The molecule has 0 aromatic carbocycles. The zero-order valence-corrected chi connectivity index (χ0v) is 20.5. The van der Waals surface area contributed by atoms with Gasteiger partial charge in [-0.15, -0.1) is 0 Å². The molecule has 1 atom stereocenters. The SMILES string of the molecule is CO[Si](CCCOC(=O)CC[Si](C)(O[SiH]=O)O[Si](C)(C)C)(OC)OC. The third-order valence-electron chi connectivity index (χ3n) is 3.43. The van der Waals surface area contributed by atoms with Crippen LogP contribution < -0.4 is 0 Å². The highest BCUT2D eigenvalue weighted by Gasteiger charge is 2.38. The summed E-state index contributed by atoms with van der Waals surface area (Å²) in [6.07, 6.45) is 0.781. The predicted molar refractivity (Wildman–Crippen MR) is 102 cm³/mol. The average Bonchev–Trinajstić information content (AvgIpc) is 2.52. The van der Waals surface area contributed by atoms with E-state index in [1.165, 1.54) is 0 Å². The number of hydrogen-bond acceptors (Lipinski definition) is 8. The first-order chi connectivity index (χ1) is 11.6. The summed E-state index contributed by atoms with van der Waals surface area (Å²) in [7, 11) is -3.79. The van der Waals surface area contributed by atoms with Crippen molar-refractivity contribution < 1.29 is 35.5 Å². The maximum atomic E-state index is 11.9. The van der Waals surface area contributed by atoms with Crippen LogP contribution in [0.15, 0.2) is 0 Å². The van der Waals surface area contributed by atoms with E-state index in [4.69, 9.17) is 26.2 Å². The van der Waals surface area contributed by atoms with Gasteiger partial charge in [0.2, 0.25) is 0 Å². The minimum Gasteiger partial charge on any atom is -0.561 e. The highest BCUT2D eigenvalue weighted by Crippen LogP contribution is 2.21. The maximum Gasteiger partial charge on any atom is 0.500 e.